The number of benzene rings is 2. The Morgan fingerprint density at radius 2 is 1.28 bits per heavy atom. The highest BCUT2D eigenvalue weighted by atomic mass is 16.5. The van der Waals surface area contributed by atoms with Crippen molar-refractivity contribution in [1.29, 1.82) is 0 Å². The molecule has 2 N–H and O–H groups in total. The number of aliphatic carboxylic acids is 2. The summed E-state index contributed by atoms with van der Waals surface area (Å²) in [6, 6.07) is 14.4. The van der Waals surface area contributed by atoms with Crippen molar-refractivity contribution >= 4 is 11.9 Å². The van der Waals surface area contributed by atoms with Gasteiger partial charge < -0.3 is 24.4 Å². The topological polar surface area (TPSA) is 109 Å². The molecule has 0 radical (unpaired) electrons. The van der Waals surface area contributed by atoms with Gasteiger partial charge in [-0.15, -0.1) is 0 Å². The molecule has 2 aromatic carbocycles. The summed E-state index contributed by atoms with van der Waals surface area (Å²) in [6.45, 7) is 6.06. The molecule has 32 heavy (non-hydrogen) atoms. The molecule has 2 aromatic rings. The average Bonchev–Trinajstić information content (AvgIpc) is 2.80. The lowest BCUT2D eigenvalue weighted by atomic mass is 10.1. The molecule has 1 heterocycles. The number of carboxylic acid groups (broad SMARTS) is 2. The first kappa shape index (κ1) is 25.0. The lowest BCUT2D eigenvalue weighted by molar-refractivity contribution is -0.159. The number of hydrogen-bond donors (Lipinski definition) is 2. The van der Waals surface area contributed by atoms with E-state index in [9.17, 15) is 0 Å². The molecule has 0 atom stereocenters. The number of carboxylic acids is 2. The number of carbonyl (C=O) groups is 2. The highest BCUT2D eigenvalue weighted by molar-refractivity contribution is 6.27. The second-order valence-corrected chi connectivity index (χ2v) is 7.20. The van der Waals surface area contributed by atoms with E-state index in [0.29, 0.717) is 0 Å². The van der Waals surface area contributed by atoms with Crippen LogP contribution >= 0.6 is 0 Å². The van der Waals surface area contributed by atoms with Crippen LogP contribution in [-0.2, 0) is 22.7 Å². The number of para-hydroxylation sites is 1. The summed E-state index contributed by atoms with van der Waals surface area (Å²) in [6.07, 6.45) is 0. The smallest absolute Gasteiger partial charge is 0.414 e. The molecule has 174 valence electrons. The van der Waals surface area contributed by atoms with Gasteiger partial charge >= 0.3 is 11.9 Å². The lowest BCUT2D eigenvalue weighted by Crippen LogP contribution is -2.45. The van der Waals surface area contributed by atoms with Crippen LogP contribution in [0.4, 0.5) is 0 Å². The van der Waals surface area contributed by atoms with E-state index in [0.717, 1.165) is 56.5 Å². The summed E-state index contributed by atoms with van der Waals surface area (Å²) in [5, 5.41) is 14.8. The Morgan fingerprint density at radius 1 is 0.781 bits per heavy atom. The monoisotopic (exact) mass is 446 g/mol. The van der Waals surface area contributed by atoms with E-state index in [2.05, 4.69) is 34.1 Å². The van der Waals surface area contributed by atoms with Crippen molar-refractivity contribution in [2.75, 3.05) is 47.5 Å². The molecule has 0 unspecified atom stereocenters. The van der Waals surface area contributed by atoms with Crippen molar-refractivity contribution < 1.29 is 34.0 Å². The van der Waals surface area contributed by atoms with Crippen molar-refractivity contribution in [3.05, 3.63) is 53.6 Å². The van der Waals surface area contributed by atoms with Crippen LogP contribution in [0.25, 0.3) is 0 Å². The van der Waals surface area contributed by atoms with E-state index in [1.807, 2.05) is 18.2 Å². The maximum atomic E-state index is 9.10. The molecule has 0 bridgehead atoms. The number of hydrogen-bond acceptors (Lipinski definition) is 7. The molecule has 1 fully saturated rings. The van der Waals surface area contributed by atoms with E-state index >= 15 is 0 Å². The molecule has 0 aromatic heterocycles. The van der Waals surface area contributed by atoms with Gasteiger partial charge in [-0.25, -0.2) is 9.59 Å². The molecule has 0 amide bonds. The largest absolute Gasteiger partial charge is 0.497 e. The molecule has 9 nitrogen and oxygen atoms in total. The summed E-state index contributed by atoms with van der Waals surface area (Å²) in [5.41, 5.74) is 2.47. The molecule has 0 saturated carbocycles. The highest BCUT2D eigenvalue weighted by Crippen LogP contribution is 2.24. The zero-order valence-corrected chi connectivity index (χ0v) is 18.6. The maximum absolute atomic E-state index is 9.10. The summed E-state index contributed by atoms with van der Waals surface area (Å²) in [4.78, 5) is 23.2. The molecule has 1 aliphatic rings. The van der Waals surface area contributed by atoms with Crippen LogP contribution in [-0.4, -0.2) is 79.5 Å². The summed E-state index contributed by atoms with van der Waals surface area (Å²) in [5.74, 6) is -0.994. The molecule has 0 aliphatic carbocycles. The fourth-order valence-electron chi connectivity index (χ4n) is 3.40. The third kappa shape index (κ3) is 7.75. The quantitative estimate of drug-likeness (QED) is 0.619. The van der Waals surface area contributed by atoms with Crippen LogP contribution in [0.3, 0.4) is 0 Å². The fraction of sp³-hybridized carbons (Fsp3) is 0.391. The van der Waals surface area contributed by atoms with Crippen LogP contribution in [0.2, 0.25) is 0 Å². The van der Waals surface area contributed by atoms with Crippen molar-refractivity contribution in [1.82, 2.24) is 9.80 Å². The van der Waals surface area contributed by atoms with Crippen LogP contribution in [0.5, 0.6) is 17.2 Å². The zero-order valence-electron chi connectivity index (χ0n) is 18.6. The Morgan fingerprint density at radius 3 is 1.75 bits per heavy atom. The minimum absolute atomic E-state index is 0.842. The molecular formula is C23H30N2O7. The van der Waals surface area contributed by atoms with Gasteiger partial charge in [0.2, 0.25) is 0 Å². The van der Waals surface area contributed by atoms with Crippen molar-refractivity contribution in [2.24, 2.45) is 0 Å². The van der Waals surface area contributed by atoms with Crippen LogP contribution in [0, 0.1) is 0 Å². The molecule has 1 saturated heterocycles. The normalized spacial score (nSPS) is 14.1. The zero-order chi connectivity index (χ0) is 23.5. The first-order valence-corrected chi connectivity index (χ1v) is 10.1. The minimum Gasteiger partial charge on any atom is -0.497 e. The third-order valence-electron chi connectivity index (χ3n) is 5.05. The Hall–Kier alpha value is -3.30. The van der Waals surface area contributed by atoms with Gasteiger partial charge in [-0.3, -0.25) is 9.80 Å². The predicted molar refractivity (Wildman–Crippen MR) is 118 cm³/mol. The van der Waals surface area contributed by atoms with Gasteiger partial charge in [0.1, 0.15) is 17.2 Å². The number of ether oxygens (including phenoxy) is 3. The van der Waals surface area contributed by atoms with Crippen molar-refractivity contribution in [2.45, 2.75) is 13.1 Å². The van der Waals surface area contributed by atoms with Gasteiger partial charge in [0, 0.05) is 50.9 Å². The maximum Gasteiger partial charge on any atom is 0.414 e. The summed E-state index contributed by atoms with van der Waals surface area (Å²) >= 11 is 0. The summed E-state index contributed by atoms with van der Waals surface area (Å²) in [7, 11) is 5.11. The predicted octanol–water partition coefficient (Wildman–Crippen LogP) is 2.19. The van der Waals surface area contributed by atoms with Gasteiger partial charge in [0.15, 0.2) is 0 Å². The van der Waals surface area contributed by atoms with Gasteiger partial charge in [0.05, 0.1) is 21.3 Å². The average molecular weight is 447 g/mol. The standard InChI is InChI=1S/C21H28N2O3.C2H2O4/c1-24-19-12-17(13-20(14-19)25-2)15-22-8-10-23(11-9-22)16-18-6-4-5-7-21(18)26-3;3-1(4)2(5)6/h4-7,12-14H,8-11,15-16H2,1-3H3;(H,3,4)(H,5,6). The van der Waals surface area contributed by atoms with E-state index in [4.69, 9.17) is 34.0 Å². The number of methoxy groups -OCH3 is 3. The number of nitrogens with zero attached hydrogens (tertiary/aromatic N) is 2. The highest BCUT2D eigenvalue weighted by Gasteiger charge is 2.18. The van der Waals surface area contributed by atoms with E-state index < -0.39 is 11.9 Å². The first-order valence-electron chi connectivity index (χ1n) is 10.1. The van der Waals surface area contributed by atoms with Gasteiger partial charge in [-0.05, 0) is 23.8 Å². The molecule has 9 heteroatoms. The SMILES string of the molecule is COc1cc(CN2CCN(Cc3ccccc3OC)CC2)cc(OC)c1.O=C(O)C(=O)O. The first-order chi connectivity index (χ1) is 15.4. The number of rotatable bonds is 7. The molecule has 3 rings (SSSR count). The van der Waals surface area contributed by atoms with E-state index in [-0.39, 0.29) is 0 Å². The Kier molecular flexibility index (Phi) is 9.77. The third-order valence-corrected chi connectivity index (χ3v) is 5.05. The van der Waals surface area contributed by atoms with Gasteiger partial charge in [-0.2, -0.15) is 0 Å². The Bertz CT molecular complexity index is 861. The second kappa shape index (κ2) is 12.5. The Balaban J connectivity index is 0.000000534. The van der Waals surface area contributed by atoms with E-state index in [1.165, 1.54) is 11.1 Å². The molecule has 1 aliphatic heterocycles. The van der Waals surface area contributed by atoms with Crippen LogP contribution in [0.15, 0.2) is 42.5 Å². The van der Waals surface area contributed by atoms with Crippen molar-refractivity contribution in [3.8, 4) is 17.2 Å². The lowest BCUT2D eigenvalue weighted by Gasteiger charge is -2.35. The van der Waals surface area contributed by atoms with Crippen LogP contribution < -0.4 is 14.2 Å². The van der Waals surface area contributed by atoms with E-state index in [1.54, 1.807) is 21.3 Å². The van der Waals surface area contributed by atoms with Crippen LogP contribution in [0.1, 0.15) is 11.1 Å². The summed E-state index contributed by atoms with van der Waals surface area (Å²) < 4.78 is 16.2. The molecule has 0 spiro atoms. The second-order valence-electron chi connectivity index (χ2n) is 7.20. The Labute approximate surface area is 187 Å². The van der Waals surface area contributed by atoms with Gasteiger partial charge in [0.25, 0.3) is 0 Å². The van der Waals surface area contributed by atoms with Gasteiger partial charge in [-0.1, -0.05) is 18.2 Å². The minimum atomic E-state index is -1.82. The molecular weight excluding hydrogens is 416 g/mol. The fourth-order valence-corrected chi connectivity index (χ4v) is 3.40. The number of piperazine rings is 1. The van der Waals surface area contributed by atoms with Crippen molar-refractivity contribution in [3.63, 3.8) is 0 Å².